The lowest BCUT2D eigenvalue weighted by Gasteiger charge is -2.24. The van der Waals surface area contributed by atoms with Crippen molar-refractivity contribution < 1.29 is 9.59 Å². The molecule has 0 spiro atoms. The van der Waals surface area contributed by atoms with Crippen molar-refractivity contribution in [1.82, 2.24) is 10.2 Å². The number of rotatable bonds is 4. The molecule has 21 heavy (non-hydrogen) atoms. The van der Waals surface area contributed by atoms with Gasteiger partial charge in [-0.1, -0.05) is 12.1 Å². The molecule has 2 N–H and O–H groups in total. The molecule has 0 fully saturated rings. The molecule has 0 saturated carbocycles. The first kappa shape index (κ1) is 13.6. The molecule has 0 radical (unpaired) electrons. The van der Waals surface area contributed by atoms with Crippen LogP contribution in [0.2, 0.25) is 0 Å². The largest absolute Gasteiger partial charge is 0.383 e. The van der Waals surface area contributed by atoms with Crippen molar-refractivity contribution in [3.05, 3.63) is 41.5 Å². The van der Waals surface area contributed by atoms with Gasteiger partial charge >= 0.3 is 0 Å². The minimum absolute atomic E-state index is 0.245. The molecule has 1 aliphatic heterocycles. The van der Waals surface area contributed by atoms with E-state index in [0.29, 0.717) is 11.1 Å². The maximum Gasteiger partial charge on any atom is 0.261 e. The van der Waals surface area contributed by atoms with Crippen LogP contribution < -0.4 is 10.6 Å². The lowest BCUT2D eigenvalue weighted by atomic mass is 9.93. The van der Waals surface area contributed by atoms with Crippen LogP contribution in [0.5, 0.6) is 0 Å². The SMILES string of the molecule is CNCCNc1ccc2c3c(cccc13)C(=O)N(C)C2=O. The van der Waals surface area contributed by atoms with Crippen LogP contribution in [-0.2, 0) is 0 Å². The first-order valence-electron chi connectivity index (χ1n) is 6.91. The van der Waals surface area contributed by atoms with Gasteiger partial charge in [0.15, 0.2) is 0 Å². The zero-order chi connectivity index (χ0) is 15.0. The Bertz CT molecular complexity index is 717. The Morgan fingerprint density at radius 2 is 1.71 bits per heavy atom. The summed E-state index contributed by atoms with van der Waals surface area (Å²) in [5, 5.41) is 8.07. The summed E-state index contributed by atoms with van der Waals surface area (Å²) in [7, 11) is 3.41. The molecule has 0 aliphatic carbocycles. The van der Waals surface area contributed by atoms with E-state index in [1.807, 2.05) is 25.2 Å². The van der Waals surface area contributed by atoms with Gasteiger partial charge in [0.1, 0.15) is 0 Å². The molecule has 0 unspecified atom stereocenters. The Morgan fingerprint density at radius 3 is 2.43 bits per heavy atom. The van der Waals surface area contributed by atoms with E-state index in [-0.39, 0.29) is 11.8 Å². The van der Waals surface area contributed by atoms with Crippen molar-refractivity contribution in [1.29, 1.82) is 0 Å². The maximum absolute atomic E-state index is 12.3. The zero-order valence-electron chi connectivity index (χ0n) is 12.1. The van der Waals surface area contributed by atoms with E-state index in [1.165, 1.54) is 11.9 Å². The number of hydrogen-bond acceptors (Lipinski definition) is 4. The quantitative estimate of drug-likeness (QED) is 0.662. The number of carbonyl (C=O) groups is 2. The molecule has 0 saturated heterocycles. The molecule has 3 rings (SSSR count). The monoisotopic (exact) mass is 283 g/mol. The second-order valence-electron chi connectivity index (χ2n) is 5.09. The Balaban J connectivity index is 2.18. The summed E-state index contributed by atoms with van der Waals surface area (Å²) in [6.45, 7) is 1.61. The molecule has 5 nitrogen and oxygen atoms in total. The summed E-state index contributed by atoms with van der Waals surface area (Å²) in [4.78, 5) is 25.7. The van der Waals surface area contributed by atoms with Crippen molar-refractivity contribution in [3.63, 3.8) is 0 Å². The third-order valence-corrected chi connectivity index (χ3v) is 3.80. The molecule has 0 aromatic heterocycles. The van der Waals surface area contributed by atoms with Gasteiger partial charge in [0, 0.05) is 47.7 Å². The molecular formula is C16H17N3O2. The van der Waals surface area contributed by atoms with Gasteiger partial charge in [-0.15, -0.1) is 0 Å². The summed E-state index contributed by atoms with van der Waals surface area (Å²) >= 11 is 0. The Hall–Kier alpha value is -2.40. The van der Waals surface area contributed by atoms with Crippen molar-refractivity contribution in [2.24, 2.45) is 0 Å². The highest BCUT2D eigenvalue weighted by molar-refractivity contribution is 6.26. The number of likely N-dealkylation sites (N-methyl/N-ethyl adjacent to an activating group) is 1. The van der Waals surface area contributed by atoms with Gasteiger partial charge in [0.25, 0.3) is 11.8 Å². The standard InChI is InChI=1S/C16H17N3O2/c1-17-8-9-18-13-7-6-12-14-10(13)4-3-5-11(14)15(20)19(2)16(12)21/h3-7,17-18H,8-9H2,1-2H3. The molecule has 108 valence electrons. The zero-order valence-corrected chi connectivity index (χ0v) is 12.1. The van der Waals surface area contributed by atoms with E-state index in [0.717, 1.165) is 29.5 Å². The van der Waals surface area contributed by atoms with E-state index in [9.17, 15) is 9.59 Å². The number of imide groups is 1. The van der Waals surface area contributed by atoms with Crippen molar-refractivity contribution >= 4 is 28.3 Å². The fourth-order valence-corrected chi connectivity index (χ4v) is 2.69. The van der Waals surface area contributed by atoms with E-state index in [4.69, 9.17) is 0 Å². The fourth-order valence-electron chi connectivity index (χ4n) is 2.69. The second kappa shape index (κ2) is 5.18. The molecular weight excluding hydrogens is 266 g/mol. The third kappa shape index (κ3) is 2.06. The van der Waals surface area contributed by atoms with Gasteiger partial charge in [-0.25, -0.2) is 0 Å². The Kier molecular flexibility index (Phi) is 3.35. The molecule has 0 bridgehead atoms. The van der Waals surface area contributed by atoms with E-state index < -0.39 is 0 Å². The van der Waals surface area contributed by atoms with Crippen LogP contribution in [0.4, 0.5) is 5.69 Å². The highest BCUT2D eigenvalue weighted by atomic mass is 16.2. The molecule has 2 aromatic carbocycles. The van der Waals surface area contributed by atoms with Gasteiger partial charge in [-0.3, -0.25) is 14.5 Å². The summed E-state index contributed by atoms with van der Waals surface area (Å²) in [5.74, 6) is -0.490. The van der Waals surface area contributed by atoms with Crippen LogP contribution >= 0.6 is 0 Å². The predicted molar refractivity (Wildman–Crippen MR) is 82.8 cm³/mol. The maximum atomic E-state index is 12.3. The van der Waals surface area contributed by atoms with E-state index in [2.05, 4.69) is 10.6 Å². The van der Waals surface area contributed by atoms with Gasteiger partial charge in [0.05, 0.1) is 0 Å². The number of amides is 2. The smallest absolute Gasteiger partial charge is 0.261 e. The highest BCUT2D eigenvalue weighted by Gasteiger charge is 2.30. The predicted octanol–water partition coefficient (Wildman–Crippen LogP) is 1.70. The molecule has 2 aromatic rings. The minimum Gasteiger partial charge on any atom is -0.383 e. The van der Waals surface area contributed by atoms with Gasteiger partial charge in [-0.05, 0) is 25.2 Å². The van der Waals surface area contributed by atoms with Crippen LogP contribution in [0.15, 0.2) is 30.3 Å². The summed E-state index contributed by atoms with van der Waals surface area (Å²) in [5.41, 5.74) is 2.11. The number of nitrogens with zero attached hydrogens (tertiary/aromatic N) is 1. The van der Waals surface area contributed by atoms with Crippen LogP contribution in [0, 0.1) is 0 Å². The summed E-state index contributed by atoms with van der Waals surface area (Å²) in [6.07, 6.45) is 0. The molecule has 5 heteroatoms. The number of anilines is 1. The van der Waals surface area contributed by atoms with Crippen molar-refractivity contribution in [3.8, 4) is 0 Å². The van der Waals surface area contributed by atoms with Crippen LogP contribution in [-0.4, -0.2) is 43.9 Å². The number of nitrogens with one attached hydrogen (secondary N) is 2. The fraction of sp³-hybridized carbons (Fsp3) is 0.250. The van der Waals surface area contributed by atoms with E-state index in [1.54, 1.807) is 12.1 Å². The van der Waals surface area contributed by atoms with Crippen molar-refractivity contribution in [2.45, 2.75) is 0 Å². The highest BCUT2D eigenvalue weighted by Crippen LogP contribution is 2.33. The third-order valence-electron chi connectivity index (χ3n) is 3.80. The second-order valence-corrected chi connectivity index (χ2v) is 5.09. The normalized spacial score (nSPS) is 13.9. The van der Waals surface area contributed by atoms with Gasteiger partial charge in [0.2, 0.25) is 0 Å². The number of carbonyl (C=O) groups excluding carboxylic acids is 2. The van der Waals surface area contributed by atoms with E-state index >= 15 is 0 Å². The average molecular weight is 283 g/mol. The van der Waals surface area contributed by atoms with Gasteiger partial charge in [-0.2, -0.15) is 0 Å². The Labute approximate surface area is 122 Å². The topological polar surface area (TPSA) is 61.4 Å². The Morgan fingerprint density at radius 1 is 1.00 bits per heavy atom. The number of benzene rings is 2. The first-order chi connectivity index (χ1) is 10.1. The molecule has 0 atom stereocenters. The van der Waals surface area contributed by atoms with Crippen LogP contribution in [0.1, 0.15) is 20.7 Å². The lowest BCUT2D eigenvalue weighted by Crippen LogP contribution is -2.36. The summed E-state index contributed by atoms with van der Waals surface area (Å²) < 4.78 is 0. The van der Waals surface area contributed by atoms with Crippen LogP contribution in [0.3, 0.4) is 0 Å². The minimum atomic E-state index is -0.245. The summed E-state index contributed by atoms with van der Waals surface area (Å²) in [6, 6.07) is 9.26. The molecule has 1 heterocycles. The molecule has 1 aliphatic rings. The first-order valence-corrected chi connectivity index (χ1v) is 6.91. The number of hydrogen-bond donors (Lipinski definition) is 2. The average Bonchev–Trinajstić information content (AvgIpc) is 2.51. The van der Waals surface area contributed by atoms with Crippen molar-refractivity contribution in [2.75, 3.05) is 32.5 Å². The van der Waals surface area contributed by atoms with Crippen LogP contribution in [0.25, 0.3) is 10.8 Å². The molecule has 2 amide bonds. The van der Waals surface area contributed by atoms with Gasteiger partial charge < -0.3 is 10.6 Å². The lowest BCUT2D eigenvalue weighted by molar-refractivity contribution is 0.0651.